The Hall–Kier alpha value is -2.89. The molecule has 0 heterocycles. The largest absolute Gasteiger partial charge is 0.496 e. The average molecular weight is 345 g/mol. The standard InChI is InChI=1S/C19H23NO5/c1-5-25-15-9-7-6-8-14(15)19(21)20-12-13-10-17(23-3)18(24-4)11-16(13)22-2/h6-11H,5,12H2,1-4H3,(H,20,21). The van der Waals surface area contributed by atoms with Crippen LogP contribution in [0.4, 0.5) is 0 Å². The second-order valence-corrected chi connectivity index (χ2v) is 5.13. The van der Waals surface area contributed by atoms with Crippen LogP contribution in [0.2, 0.25) is 0 Å². The SMILES string of the molecule is CCOc1ccccc1C(=O)NCc1cc(OC)c(OC)cc1OC. The molecule has 0 unspecified atom stereocenters. The van der Waals surface area contributed by atoms with Gasteiger partial charge in [-0.3, -0.25) is 4.79 Å². The molecule has 2 rings (SSSR count). The second kappa shape index (κ2) is 8.82. The number of hydrogen-bond donors (Lipinski definition) is 1. The van der Waals surface area contributed by atoms with E-state index in [9.17, 15) is 4.79 Å². The average Bonchev–Trinajstić information content (AvgIpc) is 2.65. The molecule has 1 N–H and O–H groups in total. The van der Waals surface area contributed by atoms with Crippen LogP contribution in [-0.4, -0.2) is 33.8 Å². The topological polar surface area (TPSA) is 66.0 Å². The van der Waals surface area contributed by atoms with Gasteiger partial charge >= 0.3 is 0 Å². The van der Waals surface area contributed by atoms with E-state index in [2.05, 4.69) is 5.32 Å². The summed E-state index contributed by atoms with van der Waals surface area (Å²) in [4.78, 5) is 12.5. The Morgan fingerprint density at radius 2 is 1.56 bits per heavy atom. The van der Waals surface area contributed by atoms with E-state index in [0.29, 0.717) is 35.2 Å². The van der Waals surface area contributed by atoms with Crippen molar-refractivity contribution in [1.82, 2.24) is 5.32 Å². The molecule has 0 aromatic heterocycles. The number of carbonyl (C=O) groups is 1. The van der Waals surface area contributed by atoms with Crippen LogP contribution in [0.25, 0.3) is 0 Å². The van der Waals surface area contributed by atoms with Crippen molar-refractivity contribution in [2.24, 2.45) is 0 Å². The summed E-state index contributed by atoms with van der Waals surface area (Å²) in [5.74, 6) is 2.08. The van der Waals surface area contributed by atoms with Gasteiger partial charge in [0.25, 0.3) is 5.91 Å². The lowest BCUT2D eigenvalue weighted by molar-refractivity contribution is 0.0947. The van der Waals surface area contributed by atoms with Crippen molar-refractivity contribution in [2.45, 2.75) is 13.5 Å². The zero-order valence-corrected chi connectivity index (χ0v) is 14.9. The molecule has 0 aliphatic heterocycles. The van der Waals surface area contributed by atoms with Gasteiger partial charge in [-0.05, 0) is 25.1 Å². The highest BCUT2D eigenvalue weighted by atomic mass is 16.5. The summed E-state index contributed by atoms with van der Waals surface area (Å²) in [6.45, 7) is 2.65. The van der Waals surface area contributed by atoms with Crippen LogP contribution in [0.1, 0.15) is 22.8 Å². The molecule has 0 saturated carbocycles. The van der Waals surface area contributed by atoms with E-state index >= 15 is 0 Å². The smallest absolute Gasteiger partial charge is 0.255 e. The summed E-state index contributed by atoms with van der Waals surface area (Å²) in [6, 6.07) is 10.6. The zero-order chi connectivity index (χ0) is 18.2. The van der Waals surface area contributed by atoms with Crippen LogP contribution in [0.5, 0.6) is 23.0 Å². The van der Waals surface area contributed by atoms with Gasteiger partial charge in [-0.1, -0.05) is 12.1 Å². The van der Waals surface area contributed by atoms with Gasteiger partial charge in [0.15, 0.2) is 11.5 Å². The predicted octanol–water partition coefficient (Wildman–Crippen LogP) is 3.04. The molecule has 0 radical (unpaired) electrons. The molecule has 1 amide bonds. The number of carbonyl (C=O) groups excluding carboxylic acids is 1. The maximum atomic E-state index is 12.5. The Morgan fingerprint density at radius 1 is 0.920 bits per heavy atom. The maximum Gasteiger partial charge on any atom is 0.255 e. The molecule has 0 bridgehead atoms. The third-order valence-electron chi connectivity index (χ3n) is 3.66. The minimum absolute atomic E-state index is 0.221. The predicted molar refractivity (Wildman–Crippen MR) is 94.9 cm³/mol. The van der Waals surface area contributed by atoms with E-state index in [4.69, 9.17) is 18.9 Å². The Labute approximate surface area is 147 Å². The van der Waals surface area contributed by atoms with Crippen molar-refractivity contribution >= 4 is 5.91 Å². The van der Waals surface area contributed by atoms with Gasteiger partial charge in [0, 0.05) is 18.2 Å². The van der Waals surface area contributed by atoms with Gasteiger partial charge in [-0.15, -0.1) is 0 Å². The Kier molecular flexibility index (Phi) is 6.51. The van der Waals surface area contributed by atoms with Gasteiger partial charge < -0.3 is 24.3 Å². The molecule has 0 saturated heterocycles. The molecular weight excluding hydrogens is 322 g/mol. The monoisotopic (exact) mass is 345 g/mol. The fourth-order valence-corrected chi connectivity index (χ4v) is 2.44. The highest BCUT2D eigenvalue weighted by Gasteiger charge is 2.15. The summed E-state index contributed by atoms with van der Waals surface area (Å²) in [5.41, 5.74) is 1.27. The van der Waals surface area contributed by atoms with E-state index in [-0.39, 0.29) is 12.5 Å². The molecule has 2 aromatic carbocycles. The van der Waals surface area contributed by atoms with Crippen molar-refractivity contribution in [3.8, 4) is 23.0 Å². The lowest BCUT2D eigenvalue weighted by Crippen LogP contribution is -2.23. The number of rotatable bonds is 8. The van der Waals surface area contributed by atoms with Gasteiger partial charge in [0.1, 0.15) is 11.5 Å². The van der Waals surface area contributed by atoms with Gasteiger partial charge in [0.2, 0.25) is 0 Å². The minimum Gasteiger partial charge on any atom is -0.496 e. The molecule has 0 aliphatic carbocycles. The van der Waals surface area contributed by atoms with E-state index in [1.165, 1.54) is 0 Å². The molecular formula is C19H23NO5. The summed E-state index contributed by atoms with van der Waals surface area (Å²) in [5, 5.41) is 2.88. The van der Waals surface area contributed by atoms with Crippen LogP contribution >= 0.6 is 0 Å². The van der Waals surface area contributed by atoms with Crippen molar-refractivity contribution in [2.75, 3.05) is 27.9 Å². The molecule has 134 valence electrons. The van der Waals surface area contributed by atoms with Crippen molar-refractivity contribution < 1.29 is 23.7 Å². The van der Waals surface area contributed by atoms with Gasteiger partial charge in [-0.2, -0.15) is 0 Å². The lowest BCUT2D eigenvalue weighted by atomic mass is 10.1. The first-order valence-corrected chi connectivity index (χ1v) is 7.93. The van der Waals surface area contributed by atoms with Gasteiger partial charge in [0.05, 0.1) is 33.5 Å². The second-order valence-electron chi connectivity index (χ2n) is 5.13. The highest BCUT2D eigenvalue weighted by Crippen LogP contribution is 2.34. The third-order valence-corrected chi connectivity index (χ3v) is 3.66. The number of nitrogens with one attached hydrogen (secondary N) is 1. The highest BCUT2D eigenvalue weighted by molar-refractivity contribution is 5.96. The van der Waals surface area contributed by atoms with Gasteiger partial charge in [-0.25, -0.2) is 0 Å². The number of para-hydroxylation sites is 1. The first kappa shape index (κ1) is 18.4. The summed E-state index contributed by atoms with van der Waals surface area (Å²) in [6.07, 6.45) is 0. The fraction of sp³-hybridized carbons (Fsp3) is 0.316. The molecule has 2 aromatic rings. The molecule has 6 nitrogen and oxygen atoms in total. The van der Waals surface area contributed by atoms with Crippen molar-refractivity contribution in [3.05, 3.63) is 47.5 Å². The van der Waals surface area contributed by atoms with Crippen LogP contribution in [0, 0.1) is 0 Å². The summed E-state index contributed by atoms with van der Waals surface area (Å²) >= 11 is 0. The number of amides is 1. The molecule has 0 fully saturated rings. The first-order valence-electron chi connectivity index (χ1n) is 7.93. The number of ether oxygens (including phenoxy) is 4. The Balaban J connectivity index is 2.19. The van der Waals surface area contributed by atoms with E-state index in [0.717, 1.165) is 5.56 Å². The number of hydrogen-bond acceptors (Lipinski definition) is 5. The third kappa shape index (κ3) is 4.35. The van der Waals surface area contributed by atoms with E-state index < -0.39 is 0 Å². The number of benzene rings is 2. The van der Waals surface area contributed by atoms with E-state index in [1.54, 1.807) is 51.7 Å². The normalized spacial score (nSPS) is 10.1. The van der Waals surface area contributed by atoms with Crippen LogP contribution in [0.15, 0.2) is 36.4 Å². The minimum atomic E-state index is -0.221. The first-order chi connectivity index (χ1) is 12.1. The zero-order valence-electron chi connectivity index (χ0n) is 14.9. The maximum absolute atomic E-state index is 12.5. The van der Waals surface area contributed by atoms with Crippen LogP contribution in [-0.2, 0) is 6.54 Å². The summed E-state index contributed by atoms with van der Waals surface area (Å²) < 4.78 is 21.4. The Morgan fingerprint density at radius 3 is 2.20 bits per heavy atom. The quantitative estimate of drug-likeness (QED) is 0.796. The van der Waals surface area contributed by atoms with E-state index in [1.807, 2.05) is 13.0 Å². The molecule has 6 heteroatoms. The molecule has 0 atom stereocenters. The van der Waals surface area contributed by atoms with Crippen molar-refractivity contribution in [3.63, 3.8) is 0 Å². The van der Waals surface area contributed by atoms with Crippen LogP contribution < -0.4 is 24.3 Å². The summed E-state index contributed by atoms with van der Waals surface area (Å²) in [7, 11) is 4.69. The number of methoxy groups -OCH3 is 3. The Bertz CT molecular complexity index is 730. The van der Waals surface area contributed by atoms with Crippen LogP contribution in [0.3, 0.4) is 0 Å². The molecule has 25 heavy (non-hydrogen) atoms. The van der Waals surface area contributed by atoms with Crippen molar-refractivity contribution in [1.29, 1.82) is 0 Å². The lowest BCUT2D eigenvalue weighted by Gasteiger charge is -2.15. The fourth-order valence-electron chi connectivity index (χ4n) is 2.44. The molecule has 0 aliphatic rings. The molecule has 0 spiro atoms.